The molecule has 0 nitrogen and oxygen atoms in total. The first-order valence-corrected chi connectivity index (χ1v) is 49.6. The van der Waals surface area contributed by atoms with Crippen molar-refractivity contribution in [1.29, 1.82) is 0 Å². The fourth-order valence-corrected chi connectivity index (χ4v) is 54.3. The molecular formula is C100H136. The minimum absolute atomic E-state index is 0.823. The molecular weight excluding hydrogens is 1200 g/mol. The van der Waals surface area contributed by atoms with Crippen molar-refractivity contribution >= 4 is 0 Å². The summed E-state index contributed by atoms with van der Waals surface area (Å²) in [5.41, 5.74) is 5.27. The monoisotopic (exact) mass is 1340 g/mol. The highest BCUT2D eigenvalue weighted by atomic mass is 15.2. The molecule has 33 rings (SSSR count). The van der Waals surface area contributed by atoms with E-state index in [0.29, 0.717) is 0 Å². The van der Waals surface area contributed by atoms with Crippen LogP contribution in [0.15, 0.2) is 0 Å². The molecule has 0 aliphatic heterocycles. The fraction of sp³-hybridized carbons (Fsp3) is 1.00. The first kappa shape index (κ1) is 56.2. The number of rotatable bonds is 5. The molecule has 33 fully saturated rings. The molecule has 61 unspecified atom stereocenters. The minimum atomic E-state index is 0.823. The SMILES string of the molecule is CCCCCC1CC2C3C4C5CCC6CCCC(CC)C7C8C(C)CCCCCCCCCCCCCCCCCCCCCCC12C31C2C3C9C%10C%11C%12C%13C%14C%15C%16C%17C%18C%19C%20C%21C%22C%23C%24C%25C%26C%27C8C7C%27C%26C%25C%24C%23C%22C%21C%20C%19C%18C%17C%16C%15C%14C%13C%12C%11C%10C9C3C23C1C41C5(C6)C2CCC231. The van der Waals surface area contributed by atoms with Gasteiger partial charge >= 0.3 is 0 Å². The topological polar surface area (TPSA) is 0 Å². The molecule has 61 atom stereocenters. The highest BCUT2D eigenvalue weighted by molar-refractivity contribution is 5.67. The van der Waals surface area contributed by atoms with Crippen LogP contribution in [0, 0.1) is 358 Å². The third kappa shape index (κ3) is 4.49. The Kier molecular flexibility index (Phi) is 9.52. The largest absolute Gasteiger partial charge is 0.0654 e. The Balaban J connectivity index is 0.476. The first-order chi connectivity index (χ1) is 49.6. The van der Waals surface area contributed by atoms with Crippen LogP contribution in [0.4, 0.5) is 0 Å². The van der Waals surface area contributed by atoms with Crippen molar-refractivity contribution in [2.45, 2.75) is 252 Å². The van der Waals surface area contributed by atoms with Gasteiger partial charge in [-0.1, -0.05) is 207 Å². The summed E-state index contributed by atoms with van der Waals surface area (Å²) >= 11 is 0. The molecule has 0 saturated heterocycles. The molecule has 0 amide bonds. The summed E-state index contributed by atoms with van der Waals surface area (Å²) in [7, 11) is 0. The normalized spacial score (nSPS) is 79.0. The molecule has 33 aliphatic rings. The summed E-state index contributed by atoms with van der Waals surface area (Å²) in [6.45, 7) is 8.25. The van der Waals surface area contributed by atoms with Gasteiger partial charge in [-0.15, -0.1) is 0 Å². The van der Waals surface area contributed by atoms with Crippen LogP contribution < -0.4 is 0 Å². The Morgan fingerprint density at radius 1 is 0.300 bits per heavy atom. The molecule has 100 heavy (non-hydrogen) atoms. The van der Waals surface area contributed by atoms with E-state index in [4.69, 9.17) is 0 Å². The van der Waals surface area contributed by atoms with Crippen molar-refractivity contribution in [3.8, 4) is 0 Å². The molecule has 0 heterocycles. The van der Waals surface area contributed by atoms with Gasteiger partial charge in [-0.05, 0) is 403 Å². The molecule has 7 bridgehead atoms. The summed E-state index contributed by atoms with van der Waals surface area (Å²) in [5, 5.41) is 0. The van der Waals surface area contributed by atoms with Crippen molar-refractivity contribution < 1.29 is 0 Å². The minimum Gasteiger partial charge on any atom is -0.0654 e. The van der Waals surface area contributed by atoms with E-state index in [0.717, 1.165) is 68.0 Å². The maximum Gasteiger partial charge on any atom is -0.00965 e. The maximum atomic E-state index is 2.92. The summed E-state index contributed by atoms with van der Waals surface area (Å²) in [6.07, 6.45) is 57.8. The lowest BCUT2D eigenvalue weighted by atomic mass is 8.89. The highest BCUT2D eigenvalue weighted by Gasteiger charge is 3.21. The zero-order valence-electron chi connectivity index (χ0n) is 63.2. The third-order valence-corrected chi connectivity index (χ3v) is 53.4. The Bertz CT molecular complexity index is 3740. The van der Waals surface area contributed by atoms with Crippen molar-refractivity contribution in [2.24, 2.45) is 358 Å². The maximum absolute atomic E-state index is 2.92. The summed E-state index contributed by atoms with van der Waals surface area (Å²) < 4.78 is 0. The number of unbranched alkanes of at least 4 members (excludes halogenated alkanes) is 2. The Labute approximate surface area is 606 Å². The van der Waals surface area contributed by atoms with Crippen LogP contribution in [0.25, 0.3) is 0 Å². The Hall–Kier alpha value is 0. The molecule has 0 N–H and O–H groups in total. The zero-order chi connectivity index (χ0) is 63.2. The van der Waals surface area contributed by atoms with E-state index in [9.17, 15) is 0 Å². The van der Waals surface area contributed by atoms with E-state index in [1.54, 1.807) is 154 Å². The highest BCUT2D eigenvalue weighted by Crippen LogP contribution is 3.24. The van der Waals surface area contributed by atoms with Gasteiger partial charge in [0.05, 0.1) is 0 Å². The predicted octanol–water partition coefficient (Wildman–Crippen LogP) is 22.3. The number of hydrogen-bond acceptors (Lipinski definition) is 0. The van der Waals surface area contributed by atoms with Gasteiger partial charge in [-0.2, -0.15) is 0 Å². The molecule has 0 heteroatoms. The molecule has 536 valence electrons. The lowest BCUT2D eigenvalue weighted by Crippen LogP contribution is -3.12. The molecule has 0 radical (unpaired) electrons. The fourth-order valence-electron chi connectivity index (χ4n) is 54.3. The Morgan fingerprint density at radius 3 is 1.16 bits per heavy atom. The van der Waals surface area contributed by atoms with Crippen molar-refractivity contribution in [2.75, 3.05) is 0 Å². The second-order valence-electron chi connectivity index (χ2n) is 50.2. The van der Waals surface area contributed by atoms with Gasteiger partial charge in [0.2, 0.25) is 0 Å². The second kappa shape index (κ2) is 16.9. The number of hydrogen-bond donors (Lipinski definition) is 0. The quantitative estimate of drug-likeness (QED) is 0.241. The smallest absolute Gasteiger partial charge is 0.00965 e. The van der Waals surface area contributed by atoms with E-state index in [1.807, 2.05) is 6.42 Å². The molecule has 0 aromatic heterocycles. The first-order valence-electron chi connectivity index (χ1n) is 49.6. The lowest BCUT2D eigenvalue weighted by molar-refractivity contribution is -0.686. The summed E-state index contributed by atoms with van der Waals surface area (Å²) in [6, 6.07) is 0. The van der Waals surface area contributed by atoms with Gasteiger partial charge in [0.15, 0.2) is 0 Å². The lowest BCUT2D eigenvalue weighted by Gasteiger charge is -3.14. The van der Waals surface area contributed by atoms with Crippen LogP contribution in [0.1, 0.15) is 252 Å². The van der Waals surface area contributed by atoms with Crippen molar-refractivity contribution in [1.82, 2.24) is 0 Å². The molecule has 0 aromatic rings. The third-order valence-electron chi connectivity index (χ3n) is 53.4. The van der Waals surface area contributed by atoms with Crippen LogP contribution in [0.3, 0.4) is 0 Å². The van der Waals surface area contributed by atoms with Gasteiger partial charge in [0, 0.05) is 0 Å². The molecule has 33 saturated carbocycles. The molecule has 6 spiro atoms. The van der Waals surface area contributed by atoms with Gasteiger partial charge < -0.3 is 0 Å². The van der Waals surface area contributed by atoms with Crippen molar-refractivity contribution in [3.63, 3.8) is 0 Å². The van der Waals surface area contributed by atoms with Crippen LogP contribution in [0.5, 0.6) is 0 Å². The van der Waals surface area contributed by atoms with E-state index >= 15 is 0 Å². The van der Waals surface area contributed by atoms with Gasteiger partial charge in [0.1, 0.15) is 0 Å². The van der Waals surface area contributed by atoms with E-state index in [2.05, 4.69) is 20.8 Å². The zero-order valence-corrected chi connectivity index (χ0v) is 63.2. The van der Waals surface area contributed by atoms with Crippen LogP contribution >= 0.6 is 0 Å². The number of fused-ring (bicyclic) bond motifs is 28. The van der Waals surface area contributed by atoms with Gasteiger partial charge in [-0.3, -0.25) is 0 Å². The van der Waals surface area contributed by atoms with Gasteiger partial charge in [-0.25, -0.2) is 0 Å². The molecule has 33 aliphatic carbocycles. The average Bonchev–Trinajstić information content (AvgIpc) is 1.25. The second-order valence-corrected chi connectivity index (χ2v) is 50.2. The van der Waals surface area contributed by atoms with E-state index in [1.165, 1.54) is 361 Å². The summed E-state index contributed by atoms with van der Waals surface area (Å²) in [4.78, 5) is 0. The van der Waals surface area contributed by atoms with E-state index < -0.39 is 0 Å². The van der Waals surface area contributed by atoms with E-state index in [-0.39, 0.29) is 0 Å². The average molecular weight is 1340 g/mol. The van der Waals surface area contributed by atoms with Crippen LogP contribution in [-0.4, -0.2) is 0 Å². The van der Waals surface area contributed by atoms with Crippen molar-refractivity contribution in [3.05, 3.63) is 0 Å². The van der Waals surface area contributed by atoms with Gasteiger partial charge in [0.25, 0.3) is 0 Å². The standard InChI is InChI=1S/C100H136/c1-4-6-25-32-43-38-45-90-91-44-34-33-41-30-28-31-42(5-2)48-47-40(3)29-26-23-21-19-17-15-13-11-9-7-8-10-12-14-16-18-20-22-24-27-36-95(43,45)98(90)93-89-87-85-83-81-79-77-75-73-71-69-67-65-63-61-59-57-55-53-51-49(47)50(48)52(51)54(53)56(55)58(57)60(59)62(61)64(63)66(65)68(67)70(69)72(71)74(73)76(75)78(77)80(79)82(81)84(83)86(85)88(87)92(89)99(93)94(98)100(91)96(44,39-41)46-35-37-97(46,99)100/h40-94H,4-39H2,1-3H3. The Morgan fingerprint density at radius 2 is 0.720 bits per heavy atom. The summed E-state index contributed by atoms with van der Waals surface area (Å²) in [5.74, 6) is 69.5. The predicted molar refractivity (Wildman–Crippen MR) is 390 cm³/mol. The van der Waals surface area contributed by atoms with Crippen LogP contribution in [0.2, 0.25) is 0 Å². The molecule has 0 aromatic carbocycles. The van der Waals surface area contributed by atoms with Crippen LogP contribution in [-0.2, 0) is 0 Å².